The van der Waals surface area contributed by atoms with Gasteiger partial charge in [0.15, 0.2) is 17.5 Å². The third kappa shape index (κ3) is 5.14. The standard InChI is InChI=1S/C16H13F6N5O.CH2S/c17-10-6-12(19)11(18)4-8(10)3-9(23)5-14(28)26-1-2-27-13(7-26)24-25-15(27)16(20,21)22;1-2/h4-6H,1-3,7,23H2;1H2/b9-5-;. The summed E-state index contributed by atoms with van der Waals surface area (Å²) in [5.41, 5.74) is 5.31. The zero-order chi connectivity index (χ0) is 22.6. The van der Waals surface area contributed by atoms with E-state index in [2.05, 4.69) is 28.3 Å². The first kappa shape index (κ1) is 23.3. The molecule has 1 aliphatic heterocycles. The normalized spacial score (nSPS) is 14.1. The Balaban J connectivity index is 0.00000155. The van der Waals surface area contributed by atoms with E-state index in [1.807, 2.05) is 0 Å². The summed E-state index contributed by atoms with van der Waals surface area (Å²) < 4.78 is 79.2. The molecule has 2 aromatic rings. The molecule has 0 saturated carbocycles. The molecule has 0 bridgehead atoms. The fraction of sp³-hybridized carbons (Fsp3) is 0.294. The molecule has 13 heteroatoms. The summed E-state index contributed by atoms with van der Waals surface area (Å²) in [5, 5.41) is 6.56. The molecule has 1 aromatic carbocycles. The Morgan fingerprint density at radius 2 is 1.77 bits per heavy atom. The Hall–Kier alpha value is -2.96. The van der Waals surface area contributed by atoms with E-state index in [4.69, 9.17) is 5.73 Å². The molecule has 1 aromatic heterocycles. The van der Waals surface area contributed by atoms with Crippen molar-refractivity contribution in [3.05, 3.63) is 58.6 Å². The van der Waals surface area contributed by atoms with Crippen LogP contribution in [0.25, 0.3) is 0 Å². The van der Waals surface area contributed by atoms with Crippen LogP contribution in [0.2, 0.25) is 0 Å². The maximum Gasteiger partial charge on any atom is 0.451 e. The summed E-state index contributed by atoms with van der Waals surface area (Å²) in [4.78, 5) is 13.5. The number of aromatic nitrogens is 3. The molecular formula is C17H15F6N5OS. The van der Waals surface area contributed by atoms with Gasteiger partial charge in [-0.2, -0.15) is 13.2 Å². The van der Waals surface area contributed by atoms with E-state index in [1.165, 1.54) is 4.90 Å². The summed E-state index contributed by atoms with van der Waals surface area (Å²) >= 11 is 3.83. The van der Waals surface area contributed by atoms with E-state index in [1.54, 1.807) is 0 Å². The van der Waals surface area contributed by atoms with Crippen LogP contribution in [0, 0.1) is 17.5 Å². The Kier molecular flexibility index (Phi) is 7.18. The number of halogens is 6. The van der Waals surface area contributed by atoms with Crippen LogP contribution in [0.4, 0.5) is 26.3 Å². The number of benzene rings is 1. The lowest BCUT2D eigenvalue weighted by molar-refractivity contribution is -0.148. The van der Waals surface area contributed by atoms with Crippen molar-refractivity contribution in [2.75, 3.05) is 6.54 Å². The number of hydrogen-bond acceptors (Lipinski definition) is 5. The lowest BCUT2D eigenvalue weighted by atomic mass is 10.1. The molecule has 0 atom stereocenters. The number of amides is 1. The molecule has 30 heavy (non-hydrogen) atoms. The van der Waals surface area contributed by atoms with Gasteiger partial charge in [-0.25, -0.2) is 13.2 Å². The molecule has 0 spiro atoms. The number of carbonyl (C=O) groups excluding carboxylic acids is 1. The van der Waals surface area contributed by atoms with Crippen molar-refractivity contribution >= 4 is 24.0 Å². The monoisotopic (exact) mass is 451 g/mol. The Morgan fingerprint density at radius 3 is 2.40 bits per heavy atom. The topological polar surface area (TPSA) is 77.0 Å². The van der Waals surface area contributed by atoms with E-state index in [0.717, 1.165) is 10.6 Å². The number of rotatable bonds is 3. The quantitative estimate of drug-likeness (QED) is 0.336. The average molecular weight is 451 g/mol. The van der Waals surface area contributed by atoms with E-state index in [-0.39, 0.29) is 43.1 Å². The number of nitrogens with zero attached hydrogens (tertiary/aromatic N) is 4. The minimum Gasteiger partial charge on any atom is -0.402 e. The Bertz CT molecular complexity index is 974. The van der Waals surface area contributed by atoms with E-state index >= 15 is 0 Å². The Labute approximate surface area is 172 Å². The highest BCUT2D eigenvalue weighted by molar-refractivity contribution is 7.77. The van der Waals surface area contributed by atoms with Gasteiger partial charge in [0.2, 0.25) is 11.7 Å². The van der Waals surface area contributed by atoms with Crippen molar-refractivity contribution < 1.29 is 31.1 Å². The number of thiocarbonyl (C=S) groups is 1. The number of fused-ring (bicyclic) bond motifs is 1. The fourth-order valence-electron chi connectivity index (χ4n) is 2.78. The molecule has 0 aliphatic carbocycles. The van der Waals surface area contributed by atoms with Crippen molar-refractivity contribution in [1.82, 2.24) is 19.7 Å². The number of hydrogen-bond donors (Lipinski definition) is 1. The van der Waals surface area contributed by atoms with Crippen molar-refractivity contribution in [3.8, 4) is 0 Å². The molecule has 1 amide bonds. The van der Waals surface area contributed by atoms with Gasteiger partial charge in [-0.3, -0.25) is 4.79 Å². The van der Waals surface area contributed by atoms with Crippen LogP contribution >= 0.6 is 12.2 Å². The summed E-state index contributed by atoms with van der Waals surface area (Å²) in [7, 11) is 0. The largest absolute Gasteiger partial charge is 0.451 e. The Morgan fingerprint density at radius 1 is 1.13 bits per heavy atom. The molecule has 0 fully saturated rings. The first-order valence-corrected chi connectivity index (χ1v) is 8.80. The molecule has 6 nitrogen and oxygen atoms in total. The highest BCUT2D eigenvalue weighted by atomic mass is 32.1. The third-order valence-corrected chi connectivity index (χ3v) is 4.11. The SMILES string of the molecule is C=S.N/C(=C\C(=O)N1CCn2c(nnc2C(F)(F)F)C1)Cc1cc(F)c(F)cc1F. The molecule has 2 N–H and O–H groups in total. The van der Waals surface area contributed by atoms with Crippen LogP contribution in [0.3, 0.4) is 0 Å². The lowest BCUT2D eigenvalue weighted by Gasteiger charge is -2.27. The smallest absolute Gasteiger partial charge is 0.402 e. The maximum absolute atomic E-state index is 13.7. The van der Waals surface area contributed by atoms with Crippen molar-refractivity contribution in [2.24, 2.45) is 5.73 Å². The van der Waals surface area contributed by atoms with Gasteiger partial charge < -0.3 is 15.2 Å². The third-order valence-electron chi connectivity index (χ3n) is 4.11. The molecule has 0 saturated heterocycles. The lowest BCUT2D eigenvalue weighted by Crippen LogP contribution is -2.38. The first-order chi connectivity index (χ1) is 14.1. The summed E-state index contributed by atoms with van der Waals surface area (Å²) in [6.45, 7) is -0.421. The van der Waals surface area contributed by atoms with Crippen LogP contribution in [0.1, 0.15) is 17.2 Å². The van der Waals surface area contributed by atoms with Crippen LogP contribution in [0.15, 0.2) is 23.9 Å². The number of nitrogens with two attached hydrogens (primary N) is 1. The van der Waals surface area contributed by atoms with Gasteiger partial charge in [-0.1, -0.05) is 12.2 Å². The van der Waals surface area contributed by atoms with Gasteiger partial charge in [0, 0.05) is 37.3 Å². The maximum atomic E-state index is 13.7. The van der Waals surface area contributed by atoms with Crippen LogP contribution < -0.4 is 5.73 Å². The first-order valence-electron chi connectivity index (χ1n) is 8.22. The predicted molar refractivity (Wildman–Crippen MR) is 97.4 cm³/mol. The number of alkyl halides is 3. The molecule has 162 valence electrons. The van der Waals surface area contributed by atoms with Crippen LogP contribution in [-0.4, -0.2) is 38.0 Å². The molecular weight excluding hydrogens is 436 g/mol. The minimum atomic E-state index is -4.66. The second-order valence-electron chi connectivity index (χ2n) is 6.10. The van der Waals surface area contributed by atoms with Crippen molar-refractivity contribution in [3.63, 3.8) is 0 Å². The summed E-state index contributed by atoms with van der Waals surface area (Å²) in [5.74, 6) is -2.61. The minimum absolute atomic E-state index is 0.0365. The molecule has 0 radical (unpaired) electrons. The molecule has 3 rings (SSSR count). The molecule has 2 heterocycles. The number of carbonyl (C=O) groups is 1. The summed E-state index contributed by atoms with van der Waals surface area (Å²) in [6, 6.07) is 1.01. The van der Waals surface area contributed by atoms with E-state index in [9.17, 15) is 31.1 Å². The van der Waals surface area contributed by atoms with Gasteiger partial charge in [-0.15, -0.1) is 10.2 Å². The second-order valence-corrected chi connectivity index (χ2v) is 6.10. The van der Waals surface area contributed by atoms with Crippen LogP contribution in [-0.2, 0) is 30.5 Å². The van der Waals surface area contributed by atoms with Crippen molar-refractivity contribution in [2.45, 2.75) is 25.7 Å². The van der Waals surface area contributed by atoms with E-state index in [0.29, 0.717) is 12.1 Å². The molecule has 1 aliphatic rings. The molecule has 0 unspecified atom stereocenters. The van der Waals surface area contributed by atoms with Gasteiger partial charge in [0.05, 0.1) is 6.54 Å². The van der Waals surface area contributed by atoms with Crippen molar-refractivity contribution in [1.29, 1.82) is 0 Å². The number of allylic oxidation sites excluding steroid dienone is 1. The van der Waals surface area contributed by atoms with Gasteiger partial charge in [-0.05, 0) is 17.5 Å². The zero-order valence-corrected chi connectivity index (χ0v) is 16.0. The van der Waals surface area contributed by atoms with Crippen LogP contribution in [0.5, 0.6) is 0 Å². The van der Waals surface area contributed by atoms with Gasteiger partial charge in [0.1, 0.15) is 5.82 Å². The predicted octanol–water partition coefficient (Wildman–Crippen LogP) is 2.76. The zero-order valence-electron chi connectivity index (χ0n) is 15.2. The highest BCUT2D eigenvalue weighted by Gasteiger charge is 2.39. The van der Waals surface area contributed by atoms with E-state index < -0.39 is 35.4 Å². The van der Waals surface area contributed by atoms with Gasteiger partial charge >= 0.3 is 6.18 Å². The average Bonchev–Trinajstić information content (AvgIpc) is 3.11. The summed E-state index contributed by atoms with van der Waals surface area (Å²) in [6.07, 6.45) is -4.05. The van der Waals surface area contributed by atoms with Gasteiger partial charge in [0.25, 0.3) is 0 Å². The highest BCUT2D eigenvalue weighted by Crippen LogP contribution is 2.29. The fourth-order valence-corrected chi connectivity index (χ4v) is 2.78. The second kappa shape index (κ2) is 9.24.